The minimum atomic E-state index is 0.638. The second kappa shape index (κ2) is 2.98. The van der Waals surface area contributed by atoms with Gasteiger partial charge in [0.25, 0.3) is 0 Å². The van der Waals surface area contributed by atoms with Gasteiger partial charge in [0.1, 0.15) is 11.6 Å². The molecule has 1 fully saturated rings. The van der Waals surface area contributed by atoms with Crippen LogP contribution in [0.25, 0.3) is 0 Å². The van der Waals surface area contributed by atoms with Crippen LogP contribution in [0.5, 0.6) is 0 Å². The molecule has 0 bridgehead atoms. The number of hydrogen-bond donors (Lipinski definition) is 0. The molecule has 0 amide bonds. The maximum absolute atomic E-state index is 4.51. The maximum atomic E-state index is 4.51. The number of aromatic nitrogens is 2. The Morgan fingerprint density at radius 3 is 2.54 bits per heavy atom. The quantitative estimate of drug-likeness (QED) is 0.689. The third-order valence-electron chi connectivity index (χ3n) is 2.26. The third-order valence-corrected chi connectivity index (χ3v) is 2.26. The smallest absolute Gasteiger partial charge is 0.134 e. The van der Waals surface area contributed by atoms with E-state index in [4.69, 9.17) is 0 Å². The molecule has 70 valence electrons. The Bertz CT molecular complexity index is 296. The standard InChI is InChI=1S/C10H15N3/c1-7-6-9(13(2)3)12-10(11-7)8-4-5-8/h6,8H,4-5H2,1-3H3. The lowest BCUT2D eigenvalue weighted by Crippen LogP contribution is -2.12. The zero-order valence-electron chi connectivity index (χ0n) is 8.41. The highest BCUT2D eigenvalue weighted by Crippen LogP contribution is 2.38. The van der Waals surface area contributed by atoms with E-state index in [0.29, 0.717) is 5.92 Å². The largest absolute Gasteiger partial charge is 0.363 e. The number of anilines is 1. The van der Waals surface area contributed by atoms with Crippen LogP contribution in [0.2, 0.25) is 0 Å². The van der Waals surface area contributed by atoms with Crippen LogP contribution in [0, 0.1) is 6.92 Å². The van der Waals surface area contributed by atoms with Crippen molar-refractivity contribution in [3.63, 3.8) is 0 Å². The van der Waals surface area contributed by atoms with E-state index in [0.717, 1.165) is 17.3 Å². The average Bonchev–Trinajstić information content (AvgIpc) is 2.85. The molecule has 1 aromatic rings. The van der Waals surface area contributed by atoms with Crippen molar-refractivity contribution < 1.29 is 0 Å². The van der Waals surface area contributed by atoms with Crippen molar-refractivity contribution in [2.24, 2.45) is 0 Å². The summed E-state index contributed by atoms with van der Waals surface area (Å²) in [6.07, 6.45) is 2.52. The van der Waals surface area contributed by atoms with Gasteiger partial charge in [-0.25, -0.2) is 9.97 Å². The fourth-order valence-electron chi connectivity index (χ4n) is 1.33. The number of aryl methyl sites for hydroxylation is 1. The molecule has 2 rings (SSSR count). The van der Waals surface area contributed by atoms with E-state index in [1.807, 2.05) is 32.0 Å². The molecule has 1 saturated carbocycles. The molecule has 1 aromatic heterocycles. The lowest BCUT2D eigenvalue weighted by molar-refractivity contribution is 0.887. The van der Waals surface area contributed by atoms with Crippen molar-refractivity contribution in [1.82, 2.24) is 9.97 Å². The molecule has 0 radical (unpaired) electrons. The van der Waals surface area contributed by atoms with Crippen LogP contribution in [0.3, 0.4) is 0 Å². The maximum Gasteiger partial charge on any atom is 0.134 e. The molecular formula is C10H15N3. The second-order valence-electron chi connectivity index (χ2n) is 3.89. The van der Waals surface area contributed by atoms with Gasteiger partial charge in [0, 0.05) is 31.8 Å². The zero-order chi connectivity index (χ0) is 9.42. The summed E-state index contributed by atoms with van der Waals surface area (Å²) in [5.74, 6) is 2.69. The highest BCUT2D eigenvalue weighted by Gasteiger charge is 2.27. The van der Waals surface area contributed by atoms with E-state index in [-0.39, 0.29) is 0 Å². The van der Waals surface area contributed by atoms with Gasteiger partial charge >= 0.3 is 0 Å². The zero-order valence-corrected chi connectivity index (χ0v) is 8.41. The van der Waals surface area contributed by atoms with E-state index < -0.39 is 0 Å². The van der Waals surface area contributed by atoms with Crippen molar-refractivity contribution >= 4 is 5.82 Å². The van der Waals surface area contributed by atoms with Crippen molar-refractivity contribution in [1.29, 1.82) is 0 Å². The first kappa shape index (κ1) is 8.48. The number of rotatable bonds is 2. The summed E-state index contributed by atoms with van der Waals surface area (Å²) in [6, 6.07) is 2.02. The normalized spacial score (nSPS) is 15.9. The van der Waals surface area contributed by atoms with E-state index in [1.54, 1.807) is 0 Å². The Morgan fingerprint density at radius 1 is 1.31 bits per heavy atom. The van der Waals surface area contributed by atoms with Gasteiger partial charge in [-0.2, -0.15) is 0 Å². The fraction of sp³-hybridized carbons (Fsp3) is 0.600. The summed E-state index contributed by atoms with van der Waals surface area (Å²) in [5, 5.41) is 0. The number of nitrogens with zero attached hydrogens (tertiary/aromatic N) is 3. The molecule has 3 heteroatoms. The van der Waals surface area contributed by atoms with Gasteiger partial charge in [-0.3, -0.25) is 0 Å². The second-order valence-corrected chi connectivity index (χ2v) is 3.89. The molecule has 1 aliphatic carbocycles. The highest BCUT2D eigenvalue weighted by atomic mass is 15.1. The van der Waals surface area contributed by atoms with Crippen LogP contribution in [-0.2, 0) is 0 Å². The predicted molar refractivity (Wildman–Crippen MR) is 53.1 cm³/mol. The van der Waals surface area contributed by atoms with Crippen LogP contribution < -0.4 is 4.90 Å². The van der Waals surface area contributed by atoms with Crippen LogP contribution in [0.4, 0.5) is 5.82 Å². The van der Waals surface area contributed by atoms with E-state index in [9.17, 15) is 0 Å². The summed E-state index contributed by atoms with van der Waals surface area (Å²) in [7, 11) is 4.02. The Labute approximate surface area is 78.8 Å². The minimum Gasteiger partial charge on any atom is -0.363 e. The lowest BCUT2D eigenvalue weighted by atomic mass is 10.3. The summed E-state index contributed by atoms with van der Waals surface area (Å²) < 4.78 is 0. The van der Waals surface area contributed by atoms with E-state index in [1.165, 1.54) is 12.8 Å². The van der Waals surface area contributed by atoms with Crippen LogP contribution in [0.15, 0.2) is 6.07 Å². The predicted octanol–water partition coefficient (Wildman–Crippen LogP) is 1.73. The molecule has 1 aliphatic rings. The first-order valence-corrected chi connectivity index (χ1v) is 4.69. The van der Waals surface area contributed by atoms with Gasteiger partial charge in [-0.1, -0.05) is 0 Å². The fourth-order valence-corrected chi connectivity index (χ4v) is 1.33. The van der Waals surface area contributed by atoms with Crippen molar-refractivity contribution in [2.45, 2.75) is 25.7 Å². The molecule has 0 atom stereocenters. The van der Waals surface area contributed by atoms with Gasteiger partial charge in [-0.15, -0.1) is 0 Å². The van der Waals surface area contributed by atoms with E-state index >= 15 is 0 Å². The highest BCUT2D eigenvalue weighted by molar-refractivity contribution is 5.38. The SMILES string of the molecule is Cc1cc(N(C)C)nc(C2CC2)n1. The Morgan fingerprint density at radius 2 is 2.00 bits per heavy atom. The monoisotopic (exact) mass is 177 g/mol. The van der Waals surface area contributed by atoms with Crippen molar-refractivity contribution in [2.75, 3.05) is 19.0 Å². The molecule has 0 N–H and O–H groups in total. The summed E-state index contributed by atoms with van der Waals surface area (Å²) in [6.45, 7) is 2.03. The average molecular weight is 177 g/mol. The molecule has 13 heavy (non-hydrogen) atoms. The molecule has 1 heterocycles. The summed E-state index contributed by atoms with van der Waals surface area (Å²) in [4.78, 5) is 11.0. The molecule has 0 unspecified atom stereocenters. The minimum absolute atomic E-state index is 0.638. The van der Waals surface area contributed by atoms with Crippen molar-refractivity contribution in [3.05, 3.63) is 17.6 Å². The van der Waals surface area contributed by atoms with Crippen LogP contribution in [0.1, 0.15) is 30.3 Å². The number of hydrogen-bond acceptors (Lipinski definition) is 3. The summed E-state index contributed by atoms with van der Waals surface area (Å²) in [5.41, 5.74) is 1.07. The Balaban J connectivity index is 2.36. The van der Waals surface area contributed by atoms with Gasteiger partial charge < -0.3 is 4.90 Å². The van der Waals surface area contributed by atoms with Crippen molar-refractivity contribution in [3.8, 4) is 0 Å². The Kier molecular flexibility index (Phi) is 1.94. The Hall–Kier alpha value is -1.12. The van der Waals surface area contributed by atoms with Gasteiger partial charge in [-0.05, 0) is 19.8 Å². The van der Waals surface area contributed by atoms with Gasteiger partial charge in [0.05, 0.1) is 0 Å². The molecule has 3 nitrogen and oxygen atoms in total. The molecule has 0 spiro atoms. The third kappa shape index (κ3) is 1.79. The van der Waals surface area contributed by atoms with Gasteiger partial charge in [0.2, 0.25) is 0 Å². The first-order valence-electron chi connectivity index (χ1n) is 4.69. The van der Waals surface area contributed by atoms with Crippen LogP contribution >= 0.6 is 0 Å². The molecular weight excluding hydrogens is 162 g/mol. The first-order chi connectivity index (χ1) is 6.16. The topological polar surface area (TPSA) is 29.0 Å². The molecule has 0 aliphatic heterocycles. The lowest BCUT2D eigenvalue weighted by Gasteiger charge is -2.12. The van der Waals surface area contributed by atoms with Crippen LogP contribution in [-0.4, -0.2) is 24.1 Å². The van der Waals surface area contributed by atoms with E-state index in [2.05, 4.69) is 9.97 Å². The summed E-state index contributed by atoms with van der Waals surface area (Å²) >= 11 is 0. The molecule has 0 aromatic carbocycles. The van der Waals surface area contributed by atoms with Gasteiger partial charge in [0.15, 0.2) is 0 Å². The molecule has 0 saturated heterocycles.